The van der Waals surface area contributed by atoms with Crippen molar-refractivity contribution in [3.63, 3.8) is 0 Å². The van der Waals surface area contributed by atoms with E-state index < -0.39 is 4.92 Å². The number of methoxy groups -OCH3 is 2. The number of anilines is 4. The maximum atomic E-state index is 12.0. The van der Waals surface area contributed by atoms with E-state index >= 15 is 0 Å². The van der Waals surface area contributed by atoms with Crippen LogP contribution in [0.1, 0.15) is 0 Å². The molecule has 0 bridgehead atoms. The van der Waals surface area contributed by atoms with Crippen molar-refractivity contribution in [1.82, 2.24) is 9.97 Å². The lowest BCUT2D eigenvalue weighted by molar-refractivity contribution is -0.383. The fourth-order valence-electron chi connectivity index (χ4n) is 3.18. The smallest absolute Gasteiger partial charge is 0.353 e. The van der Waals surface area contributed by atoms with Gasteiger partial charge in [-0.15, -0.1) is 0 Å². The maximum absolute atomic E-state index is 12.0. The molecule has 2 N–H and O–H groups in total. The van der Waals surface area contributed by atoms with Gasteiger partial charge in [0.15, 0.2) is 0 Å². The molecule has 0 saturated heterocycles. The second kappa shape index (κ2) is 11.1. The minimum atomic E-state index is -0.579. The zero-order chi connectivity index (χ0) is 25.5. The van der Waals surface area contributed by atoms with Crippen LogP contribution >= 0.6 is 11.6 Å². The third kappa shape index (κ3) is 5.65. The van der Waals surface area contributed by atoms with Crippen molar-refractivity contribution in [2.24, 2.45) is 10.2 Å². The highest BCUT2D eigenvalue weighted by molar-refractivity contribution is 6.32. The number of aromatic nitrogens is 2. The molecule has 0 spiro atoms. The summed E-state index contributed by atoms with van der Waals surface area (Å²) in [6.07, 6.45) is 1.21. The van der Waals surface area contributed by atoms with Crippen molar-refractivity contribution in [1.29, 1.82) is 0 Å². The summed E-state index contributed by atoms with van der Waals surface area (Å²) < 4.78 is 10.5. The summed E-state index contributed by atoms with van der Waals surface area (Å²) in [6, 6.07) is 19.3. The van der Waals surface area contributed by atoms with Crippen LogP contribution in [0.2, 0.25) is 5.02 Å². The Morgan fingerprint density at radius 3 is 2.08 bits per heavy atom. The Labute approximate surface area is 211 Å². The molecule has 0 radical (unpaired) electrons. The van der Waals surface area contributed by atoms with Gasteiger partial charge in [-0.2, -0.15) is 10.2 Å². The van der Waals surface area contributed by atoms with E-state index in [0.717, 1.165) is 5.69 Å². The molecule has 0 aliphatic rings. The SMILES string of the molecule is COc1cc(OC)c(Nc2ncnc(Nc3ccc(N=Nc4ccccc4)cc3)c2[N+](=O)[O-])cc1Cl. The summed E-state index contributed by atoms with van der Waals surface area (Å²) in [4.78, 5) is 19.5. The predicted octanol–water partition coefficient (Wildman–Crippen LogP) is 6.96. The largest absolute Gasteiger partial charge is 0.495 e. The van der Waals surface area contributed by atoms with E-state index in [0.29, 0.717) is 33.6 Å². The summed E-state index contributed by atoms with van der Waals surface area (Å²) in [6.45, 7) is 0. The first-order valence-electron chi connectivity index (χ1n) is 10.5. The summed E-state index contributed by atoms with van der Waals surface area (Å²) >= 11 is 6.22. The van der Waals surface area contributed by atoms with E-state index in [1.54, 1.807) is 30.3 Å². The van der Waals surface area contributed by atoms with Gasteiger partial charge in [-0.05, 0) is 42.5 Å². The molecule has 0 fully saturated rings. The number of hydrogen-bond donors (Lipinski definition) is 2. The Hall–Kier alpha value is -4.77. The van der Waals surface area contributed by atoms with E-state index in [9.17, 15) is 10.1 Å². The number of hydrogen-bond acceptors (Lipinski definition) is 10. The van der Waals surface area contributed by atoms with Crippen molar-refractivity contribution in [2.75, 3.05) is 24.9 Å². The van der Waals surface area contributed by atoms with E-state index in [2.05, 4.69) is 30.8 Å². The Morgan fingerprint density at radius 2 is 1.47 bits per heavy atom. The van der Waals surface area contributed by atoms with Crippen molar-refractivity contribution < 1.29 is 14.4 Å². The molecule has 0 amide bonds. The molecule has 1 heterocycles. The molecule has 4 rings (SSSR count). The molecular formula is C24H20ClN7O4. The van der Waals surface area contributed by atoms with Crippen LogP contribution in [0.15, 0.2) is 83.3 Å². The number of rotatable bonds is 9. The van der Waals surface area contributed by atoms with Gasteiger partial charge in [0.2, 0.25) is 11.6 Å². The third-order valence-corrected chi connectivity index (χ3v) is 5.19. The van der Waals surface area contributed by atoms with Crippen LogP contribution in [0, 0.1) is 10.1 Å². The monoisotopic (exact) mass is 505 g/mol. The lowest BCUT2D eigenvalue weighted by atomic mass is 10.2. The van der Waals surface area contributed by atoms with Crippen molar-refractivity contribution >= 4 is 51.7 Å². The van der Waals surface area contributed by atoms with Gasteiger partial charge in [-0.3, -0.25) is 10.1 Å². The van der Waals surface area contributed by atoms with Gasteiger partial charge in [0.25, 0.3) is 0 Å². The van der Waals surface area contributed by atoms with Crippen molar-refractivity contribution in [3.8, 4) is 11.5 Å². The lowest BCUT2D eigenvalue weighted by Gasteiger charge is -2.14. The van der Waals surface area contributed by atoms with Crippen LogP contribution in [0.5, 0.6) is 11.5 Å². The molecule has 11 nitrogen and oxygen atoms in total. The van der Waals surface area contributed by atoms with Gasteiger partial charge in [-0.25, -0.2) is 9.97 Å². The normalized spacial score (nSPS) is 10.8. The summed E-state index contributed by atoms with van der Waals surface area (Å²) in [7, 11) is 2.93. The van der Waals surface area contributed by atoms with E-state index in [4.69, 9.17) is 21.1 Å². The van der Waals surface area contributed by atoms with Crippen LogP contribution in [-0.2, 0) is 0 Å². The topological polar surface area (TPSA) is 136 Å². The molecule has 0 aliphatic carbocycles. The van der Waals surface area contributed by atoms with Gasteiger partial charge in [-0.1, -0.05) is 29.8 Å². The molecule has 182 valence electrons. The molecule has 36 heavy (non-hydrogen) atoms. The van der Waals surface area contributed by atoms with Gasteiger partial charge < -0.3 is 20.1 Å². The van der Waals surface area contributed by atoms with Gasteiger partial charge >= 0.3 is 5.69 Å². The Bertz CT molecular complexity index is 1400. The number of halogens is 1. The number of nitrogens with one attached hydrogen (secondary N) is 2. The fraction of sp³-hybridized carbons (Fsp3) is 0.0833. The highest BCUT2D eigenvalue weighted by atomic mass is 35.5. The van der Waals surface area contributed by atoms with Crippen LogP contribution in [0.25, 0.3) is 0 Å². The molecule has 0 aliphatic heterocycles. The standard InChI is InChI=1S/C24H20ClN7O4/c1-35-20-13-21(36-2)19(12-18(20)25)29-24-22(32(33)34)23(26-14-27-24)28-15-8-10-17(11-9-15)31-30-16-6-4-3-5-7-16/h3-14H,1-2H3,(H2,26,27,28,29). The first-order valence-corrected chi connectivity index (χ1v) is 10.9. The zero-order valence-electron chi connectivity index (χ0n) is 19.2. The summed E-state index contributed by atoms with van der Waals surface area (Å²) in [5, 5.41) is 26.5. The first kappa shape index (κ1) is 24.4. The first-order chi connectivity index (χ1) is 17.5. The number of nitrogens with zero attached hydrogens (tertiary/aromatic N) is 5. The molecular weight excluding hydrogens is 486 g/mol. The molecule has 1 aromatic heterocycles. The second-order valence-electron chi connectivity index (χ2n) is 7.20. The highest BCUT2D eigenvalue weighted by Crippen LogP contribution is 2.40. The van der Waals surface area contributed by atoms with Gasteiger partial charge in [0.05, 0.1) is 41.2 Å². The Balaban J connectivity index is 1.58. The minimum absolute atomic E-state index is 0.00487. The number of azo groups is 1. The van der Waals surface area contributed by atoms with E-state index in [1.807, 2.05) is 30.3 Å². The van der Waals surface area contributed by atoms with Crippen LogP contribution in [0.4, 0.5) is 40.1 Å². The predicted molar refractivity (Wildman–Crippen MR) is 137 cm³/mol. The Kier molecular flexibility index (Phi) is 7.51. The zero-order valence-corrected chi connectivity index (χ0v) is 19.9. The van der Waals surface area contributed by atoms with Gasteiger partial charge in [0.1, 0.15) is 17.8 Å². The van der Waals surface area contributed by atoms with Gasteiger partial charge in [0, 0.05) is 11.8 Å². The average molecular weight is 506 g/mol. The van der Waals surface area contributed by atoms with Crippen molar-refractivity contribution in [3.05, 3.63) is 88.2 Å². The molecule has 4 aromatic rings. The van der Waals surface area contributed by atoms with Crippen molar-refractivity contribution in [2.45, 2.75) is 0 Å². The minimum Gasteiger partial charge on any atom is -0.495 e. The third-order valence-electron chi connectivity index (χ3n) is 4.90. The molecule has 0 atom stereocenters. The quantitative estimate of drug-likeness (QED) is 0.141. The number of benzene rings is 3. The van der Waals surface area contributed by atoms with Crippen LogP contribution in [-0.4, -0.2) is 29.1 Å². The fourth-order valence-corrected chi connectivity index (χ4v) is 3.42. The molecule has 0 saturated carbocycles. The average Bonchev–Trinajstić information content (AvgIpc) is 2.89. The van der Waals surface area contributed by atoms with E-state index in [1.165, 1.54) is 26.6 Å². The maximum Gasteiger partial charge on any atom is 0.353 e. The van der Waals surface area contributed by atoms with Crippen LogP contribution in [0.3, 0.4) is 0 Å². The number of nitro groups is 1. The summed E-state index contributed by atoms with van der Waals surface area (Å²) in [5.74, 6) is 0.698. The lowest BCUT2D eigenvalue weighted by Crippen LogP contribution is -2.06. The Morgan fingerprint density at radius 1 is 0.861 bits per heavy atom. The summed E-state index contributed by atoms with van der Waals surface area (Å²) in [5.41, 5.74) is 1.91. The van der Waals surface area contributed by atoms with E-state index in [-0.39, 0.29) is 17.3 Å². The van der Waals surface area contributed by atoms with Crippen LogP contribution < -0.4 is 20.1 Å². The molecule has 12 heteroatoms. The number of ether oxygens (including phenoxy) is 2. The molecule has 3 aromatic carbocycles. The second-order valence-corrected chi connectivity index (χ2v) is 7.60. The highest BCUT2D eigenvalue weighted by Gasteiger charge is 2.24. The molecule has 0 unspecified atom stereocenters.